The van der Waals surface area contributed by atoms with Gasteiger partial charge in [-0.25, -0.2) is 8.42 Å². The number of nitrogens with zero attached hydrogens (tertiary/aromatic N) is 3. The van der Waals surface area contributed by atoms with Crippen LogP contribution in [0.15, 0.2) is 10.6 Å². The third kappa shape index (κ3) is 2.96. The second-order valence-corrected chi connectivity index (χ2v) is 8.71. The van der Waals surface area contributed by atoms with E-state index < -0.39 is 10.0 Å². The molecule has 1 aliphatic carbocycles. The van der Waals surface area contributed by atoms with E-state index in [0.717, 1.165) is 18.6 Å². The molecular formula is C15H21N3O5S. The summed E-state index contributed by atoms with van der Waals surface area (Å²) in [5.74, 6) is 0.965. The van der Waals surface area contributed by atoms with Crippen LogP contribution >= 0.6 is 0 Å². The summed E-state index contributed by atoms with van der Waals surface area (Å²) >= 11 is 0. The molecule has 2 saturated heterocycles. The monoisotopic (exact) mass is 355 g/mol. The highest BCUT2D eigenvalue weighted by Crippen LogP contribution is 2.40. The number of likely N-dealkylation sites (tertiary alicyclic amines) is 1. The van der Waals surface area contributed by atoms with Crippen molar-refractivity contribution in [1.82, 2.24) is 14.4 Å². The number of amides is 1. The Bertz CT molecular complexity index is 742. The number of carbonyl (C=O) groups excluding carboxylic acids is 1. The molecule has 1 aromatic heterocycles. The number of hydrogen-bond donors (Lipinski definition) is 0. The maximum absolute atomic E-state index is 12.7. The van der Waals surface area contributed by atoms with Gasteiger partial charge in [0.15, 0.2) is 5.69 Å². The van der Waals surface area contributed by atoms with Gasteiger partial charge in [-0.05, 0) is 19.3 Å². The van der Waals surface area contributed by atoms with Crippen molar-refractivity contribution in [2.24, 2.45) is 0 Å². The Balaban J connectivity index is 1.51. The zero-order valence-corrected chi connectivity index (χ0v) is 14.4. The fraction of sp³-hybridized carbons (Fsp3) is 0.733. The average Bonchev–Trinajstić information content (AvgIpc) is 3.29. The Morgan fingerprint density at radius 3 is 2.79 bits per heavy atom. The molecule has 3 heterocycles. The van der Waals surface area contributed by atoms with Gasteiger partial charge in [-0.3, -0.25) is 4.79 Å². The van der Waals surface area contributed by atoms with E-state index >= 15 is 0 Å². The molecule has 0 N–H and O–H groups in total. The van der Waals surface area contributed by atoms with Crippen molar-refractivity contribution in [1.29, 1.82) is 0 Å². The fourth-order valence-corrected chi connectivity index (χ4v) is 4.65. The Morgan fingerprint density at radius 1 is 1.29 bits per heavy atom. The van der Waals surface area contributed by atoms with E-state index in [-0.39, 0.29) is 18.1 Å². The molecule has 24 heavy (non-hydrogen) atoms. The van der Waals surface area contributed by atoms with Crippen molar-refractivity contribution >= 4 is 15.9 Å². The van der Waals surface area contributed by atoms with Gasteiger partial charge < -0.3 is 14.2 Å². The first-order chi connectivity index (χ1) is 11.4. The van der Waals surface area contributed by atoms with Crippen molar-refractivity contribution in [2.45, 2.75) is 37.3 Å². The summed E-state index contributed by atoms with van der Waals surface area (Å²) in [4.78, 5) is 14.3. The molecule has 0 bridgehead atoms. The van der Waals surface area contributed by atoms with Gasteiger partial charge in [0, 0.05) is 31.6 Å². The zero-order valence-electron chi connectivity index (χ0n) is 13.6. The first kappa shape index (κ1) is 16.0. The number of morpholine rings is 1. The summed E-state index contributed by atoms with van der Waals surface area (Å²) in [5.41, 5.74) is 0.304. The maximum Gasteiger partial charge on any atom is 0.276 e. The molecule has 3 aliphatic rings. The van der Waals surface area contributed by atoms with Gasteiger partial charge in [0.1, 0.15) is 5.76 Å². The second-order valence-electron chi connectivity index (χ2n) is 6.78. The van der Waals surface area contributed by atoms with Gasteiger partial charge in [0.05, 0.1) is 25.0 Å². The zero-order chi connectivity index (χ0) is 16.9. The van der Waals surface area contributed by atoms with Gasteiger partial charge in [0.25, 0.3) is 5.91 Å². The molecule has 0 spiro atoms. The molecule has 0 aromatic carbocycles. The lowest BCUT2D eigenvalue weighted by molar-refractivity contribution is -0.0705. The third-order valence-electron chi connectivity index (χ3n) is 4.97. The molecule has 9 heteroatoms. The van der Waals surface area contributed by atoms with Crippen LogP contribution in [0.5, 0.6) is 0 Å². The van der Waals surface area contributed by atoms with E-state index in [0.29, 0.717) is 44.3 Å². The van der Waals surface area contributed by atoms with E-state index in [4.69, 9.17) is 9.26 Å². The lowest BCUT2D eigenvalue weighted by atomic mass is 10.0. The predicted octanol–water partition coefficient (Wildman–Crippen LogP) is 0.427. The van der Waals surface area contributed by atoms with Crippen LogP contribution in [0.3, 0.4) is 0 Å². The van der Waals surface area contributed by atoms with Crippen LogP contribution in [0.1, 0.15) is 41.4 Å². The lowest BCUT2D eigenvalue weighted by Crippen LogP contribution is -2.61. The standard InChI is InChI=1S/C15H21N3O5S/c1-24(20,21)18-6-7-22-13-4-5-17(9-12(13)18)15(19)11-8-14(23-16-11)10-2-3-10/h8,10,12-13H,2-7,9H2,1H3/t12-,13-/m0/s1. The highest BCUT2D eigenvalue weighted by atomic mass is 32.2. The molecule has 2 atom stereocenters. The van der Waals surface area contributed by atoms with Crippen molar-refractivity contribution in [3.8, 4) is 0 Å². The van der Waals surface area contributed by atoms with Gasteiger partial charge >= 0.3 is 0 Å². The fourth-order valence-electron chi connectivity index (χ4n) is 3.55. The number of piperidine rings is 1. The van der Waals surface area contributed by atoms with Gasteiger partial charge in [-0.2, -0.15) is 4.31 Å². The third-order valence-corrected chi connectivity index (χ3v) is 6.28. The number of aromatic nitrogens is 1. The van der Waals surface area contributed by atoms with Crippen LogP contribution < -0.4 is 0 Å². The normalized spacial score (nSPS) is 28.6. The molecule has 132 valence electrons. The SMILES string of the molecule is CS(=O)(=O)N1CCO[C@H]2CCN(C(=O)c3cc(C4CC4)on3)C[C@@H]21. The van der Waals surface area contributed by atoms with E-state index in [2.05, 4.69) is 5.16 Å². The lowest BCUT2D eigenvalue weighted by Gasteiger charge is -2.45. The predicted molar refractivity (Wildman–Crippen MR) is 84.1 cm³/mol. The summed E-state index contributed by atoms with van der Waals surface area (Å²) in [5, 5.41) is 3.90. The smallest absolute Gasteiger partial charge is 0.276 e. The number of sulfonamides is 1. The van der Waals surface area contributed by atoms with Crippen LogP contribution in [0.2, 0.25) is 0 Å². The Labute approximate surface area is 140 Å². The van der Waals surface area contributed by atoms with E-state index in [1.807, 2.05) is 0 Å². The van der Waals surface area contributed by atoms with E-state index in [1.54, 1.807) is 11.0 Å². The molecule has 1 saturated carbocycles. The van der Waals surface area contributed by atoms with Crippen molar-refractivity contribution < 1.29 is 22.5 Å². The van der Waals surface area contributed by atoms with E-state index in [1.165, 1.54) is 10.6 Å². The molecule has 4 rings (SSSR count). The summed E-state index contributed by atoms with van der Waals surface area (Å²) in [6, 6.07) is 1.39. The Morgan fingerprint density at radius 2 is 2.08 bits per heavy atom. The van der Waals surface area contributed by atoms with E-state index in [9.17, 15) is 13.2 Å². The van der Waals surface area contributed by atoms with Crippen LogP contribution in [0.4, 0.5) is 0 Å². The molecule has 2 aliphatic heterocycles. The summed E-state index contributed by atoms with van der Waals surface area (Å²) in [6.07, 6.45) is 3.83. The van der Waals surface area contributed by atoms with Gasteiger partial charge in [0.2, 0.25) is 10.0 Å². The van der Waals surface area contributed by atoms with Crippen molar-refractivity contribution in [3.05, 3.63) is 17.5 Å². The van der Waals surface area contributed by atoms with Crippen molar-refractivity contribution in [2.75, 3.05) is 32.5 Å². The van der Waals surface area contributed by atoms with Crippen LogP contribution in [0.25, 0.3) is 0 Å². The first-order valence-corrected chi connectivity index (χ1v) is 10.1. The quantitative estimate of drug-likeness (QED) is 0.780. The number of fused-ring (bicyclic) bond motifs is 1. The van der Waals surface area contributed by atoms with Crippen LogP contribution in [0, 0.1) is 0 Å². The van der Waals surface area contributed by atoms with Gasteiger partial charge in [-0.15, -0.1) is 0 Å². The maximum atomic E-state index is 12.7. The summed E-state index contributed by atoms with van der Waals surface area (Å²) in [7, 11) is -3.33. The number of carbonyl (C=O) groups is 1. The molecule has 1 amide bonds. The Kier molecular flexibility index (Phi) is 3.89. The summed E-state index contributed by atoms with van der Waals surface area (Å²) in [6.45, 7) is 1.58. The first-order valence-electron chi connectivity index (χ1n) is 8.28. The highest BCUT2D eigenvalue weighted by Gasteiger charge is 2.42. The molecule has 3 fully saturated rings. The molecule has 0 radical (unpaired) electrons. The number of hydrogen-bond acceptors (Lipinski definition) is 6. The minimum Gasteiger partial charge on any atom is -0.375 e. The minimum absolute atomic E-state index is 0.156. The highest BCUT2D eigenvalue weighted by molar-refractivity contribution is 7.88. The molecular weight excluding hydrogens is 334 g/mol. The van der Waals surface area contributed by atoms with Crippen LogP contribution in [-0.4, -0.2) is 73.3 Å². The topological polar surface area (TPSA) is 93.0 Å². The van der Waals surface area contributed by atoms with Crippen molar-refractivity contribution in [3.63, 3.8) is 0 Å². The average molecular weight is 355 g/mol. The minimum atomic E-state index is -3.33. The molecule has 8 nitrogen and oxygen atoms in total. The summed E-state index contributed by atoms with van der Waals surface area (Å²) < 4.78 is 36.4. The van der Waals surface area contributed by atoms with Gasteiger partial charge in [-0.1, -0.05) is 5.16 Å². The number of rotatable bonds is 3. The molecule has 0 unspecified atom stereocenters. The molecule has 1 aromatic rings. The largest absolute Gasteiger partial charge is 0.375 e. The Hall–Kier alpha value is -1.45. The number of ether oxygens (including phenoxy) is 1. The van der Waals surface area contributed by atoms with Crippen LogP contribution in [-0.2, 0) is 14.8 Å². The second kappa shape index (κ2) is 5.82.